The van der Waals surface area contributed by atoms with Crippen molar-refractivity contribution in [2.75, 3.05) is 18.2 Å². The van der Waals surface area contributed by atoms with Crippen LogP contribution < -0.4 is 10.1 Å². The molecule has 0 unspecified atom stereocenters. The van der Waals surface area contributed by atoms with Gasteiger partial charge in [0.2, 0.25) is 0 Å². The van der Waals surface area contributed by atoms with E-state index in [1.807, 2.05) is 78.9 Å². The first kappa shape index (κ1) is 22.4. The molecule has 0 aliphatic carbocycles. The van der Waals surface area contributed by atoms with E-state index in [0.29, 0.717) is 28.3 Å². The molecule has 0 heterocycles. The molecule has 0 atom stereocenters. The predicted octanol–water partition coefficient (Wildman–Crippen LogP) is 6.59. The summed E-state index contributed by atoms with van der Waals surface area (Å²) in [5.74, 6) is 0.788. The number of thioether (sulfide) groups is 1. The molecule has 4 aromatic carbocycles. The van der Waals surface area contributed by atoms with Crippen molar-refractivity contribution < 1.29 is 14.3 Å². The van der Waals surface area contributed by atoms with Crippen LogP contribution in [0.15, 0.2) is 108 Å². The Balaban J connectivity index is 1.36. The van der Waals surface area contributed by atoms with Crippen LogP contribution in [-0.2, 0) is 0 Å². The highest BCUT2D eigenvalue weighted by Gasteiger charge is 2.10. The minimum Gasteiger partial charge on any atom is -0.497 e. The maximum atomic E-state index is 12.7. The van der Waals surface area contributed by atoms with Gasteiger partial charge < -0.3 is 10.1 Å². The van der Waals surface area contributed by atoms with Crippen molar-refractivity contribution in [3.8, 4) is 16.9 Å². The Bertz CT molecular complexity index is 1250. The number of carbonyl (C=O) groups excluding carboxylic acids is 2. The predicted molar refractivity (Wildman–Crippen MR) is 134 cm³/mol. The lowest BCUT2D eigenvalue weighted by Crippen LogP contribution is -2.11. The number of benzene rings is 4. The molecular formula is C28H23NO3S. The van der Waals surface area contributed by atoms with Crippen molar-refractivity contribution >= 4 is 29.1 Å². The zero-order valence-electron chi connectivity index (χ0n) is 18.2. The summed E-state index contributed by atoms with van der Waals surface area (Å²) in [6.07, 6.45) is 0. The summed E-state index contributed by atoms with van der Waals surface area (Å²) in [6, 6.07) is 32.2. The van der Waals surface area contributed by atoms with Gasteiger partial charge in [-0.15, -0.1) is 11.8 Å². The number of amides is 1. The van der Waals surface area contributed by atoms with Crippen molar-refractivity contribution in [2.45, 2.75) is 4.90 Å². The Hall–Kier alpha value is -3.83. The minimum atomic E-state index is -0.217. The Morgan fingerprint density at radius 2 is 1.48 bits per heavy atom. The highest BCUT2D eigenvalue weighted by atomic mass is 32.2. The van der Waals surface area contributed by atoms with Gasteiger partial charge in [-0.2, -0.15) is 0 Å². The van der Waals surface area contributed by atoms with Gasteiger partial charge in [0.15, 0.2) is 5.78 Å². The number of hydrogen-bond acceptors (Lipinski definition) is 4. The van der Waals surface area contributed by atoms with E-state index in [1.165, 1.54) is 11.8 Å². The third kappa shape index (κ3) is 5.90. The van der Waals surface area contributed by atoms with Gasteiger partial charge in [0.1, 0.15) is 5.75 Å². The maximum Gasteiger partial charge on any atom is 0.255 e. The van der Waals surface area contributed by atoms with Crippen molar-refractivity contribution in [2.24, 2.45) is 0 Å². The number of Topliss-reactive ketones (excluding diaryl/α,β-unsaturated/α-hetero) is 1. The minimum absolute atomic E-state index is 0.0606. The summed E-state index contributed by atoms with van der Waals surface area (Å²) >= 11 is 1.45. The first-order chi connectivity index (χ1) is 16.1. The molecule has 1 amide bonds. The Morgan fingerprint density at radius 1 is 0.758 bits per heavy atom. The first-order valence-electron chi connectivity index (χ1n) is 10.5. The third-order valence-electron chi connectivity index (χ3n) is 5.11. The van der Waals surface area contributed by atoms with Crippen LogP contribution in [0.25, 0.3) is 11.1 Å². The second-order valence-corrected chi connectivity index (χ2v) is 8.42. The number of nitrogens with one attached hydrogen (secondary N) is 1. The van der Waals surface area contributed by atoms with E-state index >= 15 is 0 Å². The number of hydrogen-bond donors (Lipinski definition) is 1. The average Bonchev–Trinajstić information content (AvgIpc) is 2.88. The van der Waals surface area contributed by atoms with E-state index in [-0.39, 0.29) is 11.7 Å². The molecule has 1 N–H and O–H groups in total. The molecule has 4 aromatic rings. The number of rotatable bonds is 8. The Labute approximate surface area is 197 Å². The fraction of sp³-hybridized carbons (Fsp3) is 0.0714. The molecule has 5 heteroatoms. The zero-order valence-corrected chi connectivity index (χ0v) is 19.0. The summed E-state index contributed by atoms with van der Waals surface area (Å²) in [5, 5.41) is 2.90. The molecule has 4 nitrogen and oxygen atoms in total. The Kier molecular flexibility index (Phi) is 7.22. The SMILES string of the molecule is COc1cccc(C(=O)Nc2cccc(SCC(=O)c3ccc(-c4ccccc4)cc3)c2)c1. The lowest BCUT2D eigenvalue weighted by molar-refractivity contribution is 0.101. The summed E-state index contributed by atoms with van der Waals surface area (Å²) in [7, 11) is 1.57. The number of ketones is 1. The zero-order chi connectivity index (χ0) is 23.0. The van der Waals surface area contributed by atoms with Crippen molar-refractivity contribution in [3.05, 3.63) is 114 Å². The molecule has 0 aliphatic heterocycles. The van der Waals surface area contributed by atoms with Crippen LogP contribution in [-0.4, -0.2) is 24.6 Å². The van der Waals surface area contributed by atoms with Gasteiger partial charge in [-0.3, -0.25) is 9.59 Å². The molecular weight excluding hydrogens is 430 g/mol. The quantitative estimate of drug-likeness (QED) is 0.242. The molecule has 0 bridgehead atoms. The molecule has 0 radical (unpaired) electrons. The van der Waals surface area contributed by atoms with E-state index in [4.69, 9.17) is 4.74 Å². The summed E-state index contributed by atoms with van der Waals surface area (Å²) < 4.78 is 5.18. The van der Waals surface area contributed by atoms with Crippen LogP contribution in [0.3, 0.4) is 0 Å². The van der Waals surface area contributed by atoms with Crippen molar-refractivity contribution in [3.63, 3.8) is 0 Å². The number of methoxy groups -OCH3 is 1. The third-order valence-corrected chi connectivity index (χ3v) is 6.10. The normalized spacial score (nSPS) is 10.5. The van der Waals surface area contributed by atoms with Gasteiger partial charge in [-0.1, -0.05) is 66.7 Å². The van der Waals surface area contributed by atoms with Gasteiger partial charge in [-0.05, 0) is 47.5 Å². The maximum absolute atomic E-state index is 12.7. The number of ether oxygens (including phenoxy) is 1. The van der Waals surface area contributed by atoms with Gasteiger partial charge >= 0.3 is 0 Å². The molecule has 0 saturated heterocycles. The molecule has 0 spiro atoms. The van der Waals surface area contributed by atoms with E-state index in [9.17, 15) is 9.59 Å². The highest BCUT2D eigenvalue weighted by Crippen LogP contribution is 2.25. The standard InChI is InChI=1S/C28H23NO3S/c1-32-25-11-5-9-23(17-25)28(31)29-24-10-6-12-26(18-24)33-19-27(30)22-15-13-21(14-16-22)20-7-3-2-4-8-20/h2-18H,19H2,1H3,(H,29,31). The Morgan fingerprint density at radius 3 is 2.24 bits per heavy atom. The van der Waals surface area contributed by atoms with Gasteiger partial charge in [-0.25, -0.2) is 0 Å². The fourth-order valence-corrected chi connectivity index (χ4v) is 4.19. The van der Waals surface area contributed by atoms with Crippen LogP contribution in [0.1, 0.15) is 20.7 Å². The van der Waals surface area contributed by atoms with Gasteiger partial charge in [0, 0.05) is 21.7 Å². The van der Waals surface area contributed by atoms with E-state index in [2.05, 4.69) is 5.32 Å². The monoisotopic (exact) mass is 453 g/mol. The second kappa shape index (κ2) is 10.7. The smallest absolute Gasteiger partial charge is 0.255 e. The van der Waals surface area contributed by atoms with Crippen LogP contribution in [0.4, 0.5) is 5.69 Å². The molecule has 0 aliphatic rings. The molecule has 0 aromatic heterocycles. The summed E-state index contributed by atoms with van der Waals surface area (Å²) in [5.41, 5.74) is 4.08. The van der Waals surface area contributed by atoms with E-state index in [0.717, 1.165) is 16.0 Å². The van der Waals surface area contributed by atoms with Gasteiger partial charge in [0.25, 0.3) is 5.91 Å². The second-order valence-electron chi connectivity index (χ2n) is 7.37. The van der Waals surface area contributed by atoms with E-state index < -0.39 is 0 Å². The van der Waals surface area contributed by atoms with Crippen LogP contribution >= 0.6 is 11.8 Å². The topological polar surface area (TPSA) is 55.4 Å². The van der Waals surface area contributed by atoms with Gasteiger partial charge in [0.05, 0.1) is 12.9 Å². The first-order valence-corrected chi connectivity index (χ1v) is 11.5. The molecule has 4 rings (SSSR count). The summed E-state index contributed by atoms with van der Waals surface area (Å²) in [4.78, 5) is 26.1. The van der Waals surface area contributed by atoms with Crippen LogP contribution in [0, 0.1) is 0 Å². The molecule has 33 heavy (non-hydrogen) atoms. The number of anilines is 1. The lowest BCUT2D eigenvalue weighted by atomic mass is 10.0. The highest BCUT2D eigenvalue weighted by molar-refractivity contribution is 8.00. The summed E-state index contributed by atoms with van der Waals surface area (Å²) in [6.45, 7) is 0. The van der Waals surface area contributed by atoms with Crippen molar-refractivity contribution in [1.29, 1.82) is 0 Å². The fourth-order valence-electron chi connectivity index (χ4n) is 3.34. The molecule has 0 fully saturated rings. The molecule has 0 saturated carbocycles. The number of carbonyl (C=O) groups is 2. The largest absolute Gasteiger partial charge is 0.497 e. The van der Waals surface area contributed by atoms with Crippen LogP contribution in [0.5, 0.6) is 5.75 Å². The lowest BCUT2D eigenvalue weighted by Gasteiger charge is -2.09. The average molecular weight is 454 g/mol. The van der Waals surface area contributed by atoms with Crippen LogP contribution in [0.2, 0.25) is 0 Å². The molecule has 164 valence electrons. The van der Waals surface area contributed by atoms with Crippen molar-refractivity contribution in [1.82, 2.24) is 0 Å². The van der Waals surface area contributed by atoms with E-state index in [1.54, 1.807) is 31.4 Å².